The Kier molecular flexibility index (Phi) is 4.94. The molecule has 1 amide bonds. The zero-order valence-electron chi connectivity index (χ0n) is 11.1. The number of hydrogen-bond acceptors (Lipinski definition) is 3. The quantitative estimate of drug-likeness (QED) is 0.889. The number of carbonyl (C=O) groups excluding carboxylic acids is 1. The third-order valence-electron chi connectivity index (χ3n) is 2.69. The monoisotopic (exact) mass is 325 g/mol. The maximum absolute atomic E-state index is 12.0. The molecule has 0 aliphatic rings. The molecule has 0 spiro atoms. The minimum atomic E-state index is -0.721. The average molecular weight is 326 g/mol. The third kappa shape index (κ3) is 4.28. The molecule has 2 rings (SSSR count). The van der Waals surface area contributed by atoms with Gasteiger partial charge in [0.1, 0.15) is 11.5 Å². The average Bonchev–Trinajstić information content (AvgIpc) is 2.43. The van der Waals surface area contributed by atoms with Crippen LogP contribution in [0.3, 0.4) is 0 Å². The number of hydrogen-bond donors (Lipinski definition) is 2. The molecule has 0 heterocycles. The summed E-state index contributed by atoms with van der Waals surface area (Å²) in [5.74, 6) is 0.0543. The summed E-state index contributed by atoms with van der Waals surface area (Å²) < 4.78 is 5.50. The lowest BCUT2D eigenvalue weighted by Gasteiger charge is -2.15. The highest BCUT2D eigenvalue weighted by atomic mass is 35.5. The van der Waals surface area contributed by atoms with Crippen molar-refractivity contribution in [1.82, 2.24) is 0 Å². The molecule has 1 unspecified atom stereocenters. The van der Waals surface area contributed by atoms with Crippen LogP contribution in [0.25, 0.3) is 0 Å². The largest absolute Gasteiger partial charge is 0.506 e. The van der Waals surface area contributed by atoms with E-state index in [1.807, 2.05) is 0 Å². The Labute approximate surface area is 132 Å². The van der Waals surface area contributed by atoms with E-state index in [1.54, 1.807) is 37.3 Å². The standard InChI is InChI=1S/C15H13Cl2NO3/c1-9(21-12-4-2-3-10(16)7-12)15(20)18-11-5-6-13(17)14(19)8-11/h2-9,19H,1H3,(H,18,20). The van der Waals surface area contributed by atoms with Crippen LogP contribution < -0.4 is 10.1 Å². The second-order valence-corrected chi connectivity index (χ2v) is 5.22. The van der Waals surface area contributed by atoms with Gasteiger partial charge in [0, 0.05) is 16.8 Å². The minimum absolute atomic E-state index is 0.0992. The van der Waals surface area contributed by atoms with Gasteiger partial charge in [0.15, 0.2) is 6.10 Å². The van der Waals surface area contributed by atoms with Crippen LogP contribution in [-0.2, 0) is 4.79 Å². The molecule has 0 saturated carbocycles. The number of benzene rings is 2. The molecule has 1 atom stereocenters. The number of ether oxygens (including phenoxy) is 1. The Balaban J connectivity index is 2.00. The number of anilines is 1. The van der Waals surface area contributed by atoms with E-state index in [4.69, 9.17) is 27.9 Å². The van der Waals surface area contributed by atoms with Gasteiger partial charge in [0.05, 0.1) is 5.02 Å². The van der Waals surface area contributed by atoms with Crippen LogP contribution in [0.5, 0.6) is 11.5 Å². The highest BCUT2D eigenvalue weighted by Crippen LogP contribution is 2.26. The number of phenols is 1. The van der Waals surface area contributed by atoms with E-state index in [9.17, 15) is 9.90 Å². The van der Waals surface area contributed by atoms with E-state index in [0.717, 1.165) is 0 Å². The number of rotatable bonds is 4. The van der Waals surface area contributed by atoms with Crippen molar-refractivity contribution in [2.45, 2.75) is 13.0 Å². The number of phenolic OH excluding ortho intramolecular Hbond substituents is 1. The van der Waals surface area contributed by atoms with Crippen molar-refractivity contribution in [2.75, 3.05) is 5.32 Å². The van der Waals surface area contributed by atoms with Gasteiger partial charge in [-0.1, -0.05) is 29.3 Å². The maximum atomic E-state index is 12.0. The lowest BCUT2D eigenvalue weighted by atomic mass is 10.2. The maximum Gasteiger partial charge on any atom is 0.265 e. The van der Waals surface area contributed by atoms with Gasteiger partial charge in [-0.25, -0.2) is 0 Å². The zero-order valence-corrected chi connectivity index (χ0v) is 12.7. The van der Waals surface area contributed by atoms with Crippen molar-refractivity contribution in [3.63, 3.8) is 0 Å². The molecule has 2 aromatic rings. The molecule has 0 saturated heterocycles. The summed E-state index contributed by atoms with van der Waals surface area (Å²) in [6.45, 7) is 1.62. The number of nitrogens with one attached hydrogen (secondary N) is 1. The molecule has 0 aromatic heterocycles. The molecule has 0 bridgehead atoms. The number of amides is 1. The minimum Gasteiger partial charge on any atom is -0.506 e. The first kappa shape index (κ1) is 15.5. The fraction of sp³-hybridized carbons (Fsp3) is 0.133. The molecule has 0 aliphatic heterocycles. The van der Waals surface area contributed by atoms with Crippen LogP contribution in [0.4, 0.5) is 5.69 Å². The fourth-order valence-electron chi connectivity index (χ4n) is 1.63. The van der Waals surface area contributed by atoms with Crippen LogP contribution in [-0.4, -0.2) is 17.1 Å². The van der Waals surface area contributed by atoms with E-state index in [1.165, 1.54) is 12.1 Å². The first-order chi connectivity index (χ1) is 9.95. The van der Waals surface area contributed by atoms with Crippen molar-refractivity contribution in [1.29, 1.82) is 0 Å². The Morgan fingerprint density at radius 2 is 2.00 bits per heavy atom. The van der Waals surface area contributed by atoms with Gasteiger partial charge >= 0.3 is 0 Å². The summed E-state index contributed by atoms with van der Waals surface area (Å²) in [6, 6.07) is 11.2. The van der Waals surface area contributed by atoms with E-state index in [2.05, 4.69) is 5.32 Å². The summed E-state index contributed by atoms with van der Waals surface area (Å²) >= 11 is 11.6. The number of aromatic hydroxyl groups is 1. The molecular formula is C15H13Cl2NO3. The molecule has 110 valence electrons. The second-order valence-electron chi connectivity index (χ2n) is 4.37. The summed E-state index contributed by atoms with van der Waals surface area (Å²) in [4.78, 5) is 12.0. The lowest BCUT2D eigenvalue weighted by molar-refractivity contribution is -0.122. The van der Waals surface area contributed by atoms with E-state index >= 15 is 0 Å². The molecule has 2 aromatic carbocycles. The van der Waals surface area contributed by atoms with Crippen LogP contribution >= 0.6 is 23.2 Å². The normalized spacial score (nSPS) is 11.8. The predicted molar refractivity (Wildman–Crippen MR) is 83.3 cm³/mol. The first-order valence-electron chi connectivity index (χ1n) is 6.17. The molecule has 4 nitrogen and oxygen atoms in total. The van der Waals surface area contributed by atoms with Gasteiger partial charge in [-0.05, 0) is 37.3 Å². The summed E-state index contributed by atoms with van der Waals surface area (Å²) in [5.41, 5.74) is 0.434. The molecule has 0 aliphatic carbocycles. The van der Waals surface area contributed by atoms with Crippen LogP contribution in [0.1, 0.15) is 6.92 Å². The Bertz CT molecular complexity index is 661. The highest BCUT2D eigenvalue weighted by Gasteiger charge is 2.15. The van der Waals surface area contributed by atoms with Crippen molar-refractivity contribution in [2.24, 2.45) is 0 Å². The zero-order chi connectivity index (χ0) is 15.4. The molecule has 0 radical (unpaired) electrons. The predicted octanol–water partition coefficient (Wildman–Crippen LogP) is 4.11. The molecular weight excluding hydrogens is 313 g/mol. The van der Waals surface area contributed by atoms with Crippen molar-refractivity contribution < 1.29 is 14.6 Å². The van der Waals surface area contributed by atoms with E-state index < -0.39 is 6.10 Å². The van der Waals surface area contributed by atoms with Gasteiger partial charge in [0.2, 0.25) is 0 Å². The van der Waals surface area contributed by atoms with Crippen molar-refractivity contribution in [3.05, 3.63) is 52.5 Å². The van der Waals surface area contributed by atoms with Crippen LogP contribution in [0.15, 0.2) is 42.5 Å². The summed E-state index contributed by atoms with van der Waals surface area (Å²) in [7, 11) is 0. The number of halogens is 2. The van der Waals surface area contributed by atoms with Gasteiger partial charge < -0.3 is 15.2 Å². The Morgan fingerprint density at radius 3 is 2.67 bits per heavy atom. The summed E-state index contributed by atoms with van der Waals surface area (Å²) in [6.07, 6.45) is -0.721. The topological polar surface area (TPSA) is 58.6 Å². The second kappa shape index (κ2) is 6.70. The molecule has 0 fully saturated rings. The molecule has 2 N–H and O–H groups in total. The van der Waals surface area contributed by atoms with Crippen LogP contribution in [0, 0.1) is 0 Å². The Hall–Kier alpha value is -1.91. The lowest BCUT2D eigenvalue weighted by Crippen LogP contribution is -2.30. The fourth-order valence-corrected chi connectivity index (χ4v) is 1.93. The van der Waals surface area contributed by atoms with E-state index in [0.29, 0.717) is 16.5 Å². The van der Waals surface area contributed by atoms with Gasteiger partial charge in [-0.15, -0.1) is 0 Å². The van der Waals surface area contributed by atoms with Gasteiger partial charge in [-0.2, -0.15) is 0 Å². The molecule has 21 heavy (non-hydrogen) atoms. The number of carbonyl (C=O) groups is 1. The van der Waals surface area contributed by atoms with Gasteiger partial charge in [-0.3, -0.25) is 4.79 Å². The first-order valence-corrected chi connectivity index (χ1v) is 6.93. The highest BCUT2D eigenvalue weighted by molar-refractivity contribution is 6.32. The van der Waals surface area contributed by atoms with Crippen molar-refractivity contribution in [3.8, 4) is 11.5 Å². The third-order valence-corrected chi connectivity index (χ3v) is 3.25. The van der Waals surface area contributed by atoms with Gasteiger partial charge in [0.25, 0.3) is 5.91 Å². The van der Waals surface area contributed by atoms with E-state index in [-0.39, 0.29) is 16.7 Å². The smallest absolute Gasteiger partial charge is 0.265 e. The Morgan fingerprint density at radius 1 is 1.24 bits per heavy atom. The van der Waals surface area contributed by atoms with Crippen molar-refractivity contribution >= 4 is 34.8 Å². The summed E-state index contributed by atoms with van der Waals surface area (Å²) in [5, 5.41) is 12.9. The molecule has 6 heteroatoms. The van der Waals surface area contributed by atoms with Crippen LogP contribution in [0.2, 0.25) is 10.0 Å². The SMILES string of the molecule is CC(Oc1cccc(Cl)c1)C(=O)Nc1ccc(Cl)c(O)c1.